The molecule has 49 heavy (non-hydrogen) atoms. The van der Waals surface area contributed by atoms with E-state index in [-0.39, 0.29) is 78.4 Å². The van der Waals surface area contributed by atoms with Crippen molar-refractivity contribution < 1.29 is 47.4 Å². The molecule has 13 atom stereocenters. The van der Waals surface area contributed by atoms with Crippen molar-refractivity contribution >= 4 is 0 Å². The van der Waals surface area contributed by atoms with Crippen LogP contribution >= 0.6 is 0 Å². The number of hydrogen-bond donors (Lipinski definition) is 0. The lowest BCUT2D eigenvalue weighted by molar-refractivity contribution is -0.367. The van der Waals surface area contributed by atoms with Gasteiger partial charge in [-0.3, -0.25) is 0 Å². The van der Waals surface area contributed by atoms with Crippen molar-refractivity contribution in [2.24, 2.45) is 29.6 Å². The van der Waals surface area contributed by atoms with Crippen LogP contribution in [0.5, 0.6) is 0 Å². The second-order valence-electron chi connectivity index (χ2n) is 18.3. The van der Waals surface area contributed by atoms with Gasteiger partial charge in [0.15, 0.2) is 28.9 Å². The summed E-state index contributed by atoms with van der Waals surface area (Å²) in [6, 6.07) is 0. The van der Waals surface area contributed by atoms with Gasteiger partial charge in [-0.05, 0) is 75.7 Å². The maximum absolute atomic E-state index is 6.76. The fourth-order valence-corrected chi connectivity index (χ4v) is 9.15. The highest BCUT2D eigenvalue weighted by Crippen LogP contribution is 2.45. The monoisotopic (exact) mass is 698 g/mol. The zero-order valence-corrected chi connectivity index (χ0v) is 33.3. The third-order valence-electron chi connectivity index (χ3n) is 11.4. The fourth-order valence-electron chi connectivity index (χ4n) is 9.15. The summed E-state index contributed by atoms with van der Waals surface area (Å²) in [5, 5.41) is 0. The van der Waals surface area contributed by atoms with E-state index in [9.17, 15) is 0 Å². The van der Waals surface area contributed by atoms with Crippen molar-refractivity contribution in [1.29, 1.82) is 0 Å². The van der Waals surface area contributed by atoms with Crippen LogP contribution in [0.2, 0.25) is 0 Å². The van der Waals surface area contributed by atoms with Crippen LogP contribution in [-0.4, -0.2) is 91.0 Å². The molecule has 0 aromatic rings. The SMILES string of the molecule is C[C@H]([C@@H]1OC(C)(C)O[C@H](C[C@@H]2OC(C)(C)O[C@H]([C@@H](C)[C@H]3C[C@@H](C[C@H]4CCOC(C)(C)O4)OC(C)(C)O3)[C@H]2C)[C@@H]1C)[C@H]1OC(C)(C)OC[C@H]1C. The van der Waals surface area contributed by atoms with Gasteiger partial charge in [0.05, 0.1) is 62.0 Å². The molecule has 0 saturated carbocycles. The highest BCUT2D eigenvalue weighted by molar-refractivity contribution is 4.96. The van der Waals surface area contributed by atoms with E-state index in [0.717, 1.165) is 25.7 Å². The summed E-state index contributed by atoms with van der Waals surface area (Å²) < 4.78 is 64.5. The van der Waals surface area contributed by atoms with Crippen molar-refractivity contribution in [2.75, 3.05) is 13.2 Å². The Morgan fingerprint density at radius 2 is 1.00 bits per heavy atom. The molecule has 5 heterocycles. The molecule has 5 aliphatic heterocycles. The van der Waals surface area contributed by atoms with Gasteiger partial charge in [0, 0.05) is 48.9 Å². The normalized spacial score (nSPS) is 44.5. The zero-order chi connectivity index (χ0) is 36.3. The molecule has 0 aromatic heterocycles. The Bertz CT molecular complexity index is 1110. The van der Waals surface area contributed by atoms with Crippen LogP contribution in [0.25, 0.3) is 0 Å². The molecule has 5 aliphatic rings. The minimum absolute atomic E-state index is 0.0136. The van der Waals surface area contributed by atoms with Crippen LogP contribution in [0.4, 0.5) is 0 Å². The lowest BCUT2D eigenvalue weighted by atomic mass is 9.77. The van der Waals surface area contributed by atoms with E-state index in [4.69, 9.17) is 47.4 Å². The Labute approximate surface area is 297 Å². The first-order chi connectivity index (χ1) is 22.5. The molecule has 0 aliphatic carbocycles. The van der Waals surface area contributed by atoms with E-state index in [2.05, 4.69) is 34.6 Å². The molecule has 0 unspecified atom stereocenters. The molecule has 0 radical (unpaired) electrons. The summed E-state index contributed by atoms with van der Waals surface area (Å²) in [5.41, 5.74) is 0. The van der Waals surface area contributed by atoms with Crippen LogP contribution < -0.4 is 0 Å². The Morgan fingerprint density at radius 1 is 0.510 bits per heavy atom. The first-order valence-corrected chi connectivity index (χ1v) is 19.2. The molecule has 10 nitrogen and oxygen atoms in total. The van der Waals surface area contributed by atoms with Crippen molar-refractivity contribution in [3.05, 3.63) is 0 Å². The molecule has 0 spiro atoms. The maximum atomic E-state index is 6.76. The summed E-state index contributed by atoms with van der Waals surface area (Å²) in [4.78, 5) is 0. The molecule has 0 bridgehead atoms. The average molecular weight is 699 g/mol. The Kier molecular flexibility index (Phi) is 11.7. The highest BCUT2D eigenvalue weighted by atomic mass is 16.7. The molecule has 0 amide bonds. The summed E-state index contributed by atoms with van der Waals surface area (Å²) in [7, 11) is 0. The maximum Gasteiger partial charge on any atom is 0.163 e. The summed E-state index contributed by atoms with van der Waals surface area (Å²) in [6.07, 6.45) is 3.00. The highest BCUT2D eigenvalue weighted by Gasteiger charge is 2.52. The molecule has 5 fully saturated rings. The summed E-state index contributed by atoms with van der Waals surface area (Å²) in [5.74, 6) is -2.66. The van der Waals surface area contributed by atoms with E-state index in [1.165, 1.54) is 0 Å². The minimum Gasteiger partial charge on any atom is -0.350 e. The van der Waals surface area contributed by atoms with Crippen LogP contribution in [0.15, 0.2) is 0 Å². The standard InChI is InChI=1S/C39H70O10/c1-22-21-41-36(8,9)47-32(22)26(5)34-25(4)31(46-39(14,15)49-34)20-30-24(3)33(48-38(12,13)45-30)23(2)29-19-28(43-37(10,11)44-29)18-27-16-17-40-35(6,7)42-27/h22-34H,16-21H2,1-15H3/t22-,23+,24+,25+,26+,27-,28-,29-,30+,31-,32+,33-,34-/m1/s1. The van der Waals surface area contributed by atoms with Crippen LogP contribution in [0, 0.1) is 29.6 Å². The Hall–Kier alpha value is -0.400. The molecule has 5 saturated heterocycles. The van der Waals surface area contributed by atoms with Crippen LogP contribution in [0.1, 0.15) is 130 Å². The topological polar surface area (TPSA) is 92.3 Å². The smallest absolute Gasteiger partial charge is 0.163 e. The van der Waals surface area contributed by atoms with E-state index in [0.29, 0.717) is 13.2 Å². The van der Waals surface area contributed by atoms with E-state index in [1.807, 2.05) is 69.2 Å². The predicted octanol–water partition coefficient (Wildman–Crippen LogP) is 7.59. The lowest BCUT2D eigenvalue weighted by Gasteiger charge is -2.53. The van der Waals surface area contributed by atoms with Gasteiger partial charge >= 0.3 is 0 Å². The van der Waals surface area contributed by atoms with E-state index in [1.54, 1.807) is 0 Å². The Morgan fingerprint density at radius 3 is 1.57 bits per heavy atom. The fraction of sp³-hybridized carbons (Fsp3) is 1.00. The number of rotatable bonds is 8. The lowest BCUT2D eigenvalue weighted by Crippen LogP contribution is -2.60. The zero-order valence-electron chi connectivity index (χ0n) is 33.3. The molecular weight excluding hydrogens is 628 g/mol. The molecular formula is C39H70O10. The number of ether oxygens (including phenoxy) is 10. The molecule has 0 N–H and O–H groups in total. The molecule has 286 valence electrons. The van der Waals surface area contributed by atoms with E-state index < -0.39 is 28.9 Å². The summed E-state index contributed by atoms with van der Waals surface area (Å²) in [6.45, 7) is 32.7. The third-order valence-corrected chi connectivity index (χ3v) is 11.4. The first-order valence-electron chi connectivity index (χ1n) is 19.2. The largest absolute Gasteiger partial charge is 0.350 e. The number of hydrogen-bond acceptors (Lipinski definition) is 10. The van der Waals surface area contributed by atoms with Crippen LogP contribution in [0.3, 0.4) is 0 Å². The average Bonchev–Trinajstić information content (AvgIpc) is 2.95. The van der Waals surface area contributed by atoms with Crippen molar-refractivity contribution in [3.63, 3.8) is 0 Å². The molecule has 0 aromatic carbocycles. The van der Waals surface area contributed by atoms with Gasteiger partial charge < -0.3 is 47.4 Å². The van der Waals surface area contributed by atoms with Gasteiger partial charge in [-0.15, -0.1) is 0 Å². The van der Waals surface area contributed by atoms with Crippen LogP contribution in [-0.2, 0) is 47.4 Å². The second-order valence-corrected chi connectivity index (χ2v) is 18.3. The van der Waals surface area contributed by atoms with Crippen molar-refractivity contribution in [1.82, 2.24) is 0 Å². The predicted molar refractivity (Wildman–Crippen MR) is 186 cm³/mol. The minimum atomic E-state index is -0.759. The van der Waals surface area contributed by atoms with E-state index >= 15 is 0 Å². The van der Waals surface area contributed by atoms with Gasteiger partial charge in [-0.1, -0.05) is 34.6 Å². The molecule has 10 heteroatoms. The van der Waals surface area contributed by atoms with Gasteiger partial charge in [-0.2, -0.15) is 0 Å². The Balaban J connectivity index is 1.29. The summed E-state index contributed by atoms with van der Waals surface area (Å²) >= 11 is 0. The first kappa shape index (κ1) is 39.8. The second kappa shape index (κ2) is 14.4. The third kappa shape index (κ3) is 9.78. The van der Waals surface area contributed by atoms with Gasteiger partial charge in [0.2, 0.25) is 0 Å². The van der Waals surface area contributed by atoms with Gasteiger partial charge in [0.1, 0.15) is 0 Å². The van der Waals surface area contributed by atoms with Crippen molar-refractivity contribution in [2.45, 2.75) is 207 Å². The quantitative estimate of drug-likeness (QED) is 0.253. The van der Waals surface area contributed by atoms with Gasteiger partial charge in [-0.25, -0.2) is 0 Å². The molecule has 5 rings (SSSR count). The van der Waals surface area contributed by atoms with Gasteiger partial charge in [0.25, 0.3) is 0 Å². The van der Waals surface area contributed by atoms with Crippen molar-refractivity contribution in [3.8, 4) is 0 Å².